The maximum atomic E-state index is 15.1. The summed E-state index contributed by atoms with van der Waals surface area (Å²) < 4.78 is 58.8. The minimum Gasteiger partial charge on any atom is -0.480 e. The molecule has 0 saturated carbocycles. The zero-order valence-electron chi connectivity index (χ0n) is 21.4. The molecule has 3 heterocycles. The van der Waals surface area contributed by atoms with Crippen LogP contribution in [0.25, 0.3) is 10.9 Å². The van der Waals surface area contributed by atoms with E-state index in [4.69, 9.17) is 16.7 Å². The number of carboxylic acids is 1. The fraction of sp³-hybridized carbons (Fsp3) is 0.407. The minimum absolute atomic E-state index is 0.0267. The van der Waals surface area contributed by atoms with Crippen molar-refractivity contribution in [3.8, 4) is 5.75 Å². The number of rotatable bonds is 7. The number of nitrogens with zero attached hydrogens (tertiary/aromatic N) is 4. The van der Waals surface area contributed by atoms with Crippen LogP contribution in [-0.4, -0.2) is 88.4 Å². The van der Waals surface area contributed by atoms with Gasteiger partial charge in [0.2, 0.25) is 5.91 Å². The number of amides is 1. The second kappa shape index (κ2) is 11.3. The van der Waals surface area contributed by atoms with Crippen molar-refractivity contribution in [2.75, 3.05) is 45.8 Å². The molecule has 1 amide bonds. The smallest absolute Gasteiger partial charge is 0.480 e. The van der Waals surface area contributed by atoms with Gasteiger partial charge in [0.25, 0.3) is 0 Å². The van der Waals surface area contributed by atoms with Crippen molar-refractivity contribution >= 4 is 34.4 Å². The Morgan fingerprint density at radius 2 is 1.70 bits per heavy atom. The first kappa shape index (κ1) is 28.2. The molecule has 13 heteroatoms. The van der Waals surface area contributed by atoms with Gasteiger partial charge in [0.05, 0.1) is 30.2 Å². The van der Waals surface area contributed by atoms with E-state index in [1.165, 1.54) is 18.2 Å². The first-order chi connectivity index (χ1) is 19.0. The number of benzene rings is 2. The molecular weight excluding hydrogens is 556 g/mol. The van der Waals surface area contributed by atoms with E-state index in [1.807, 2.05) is 15.9 Å². The lowest BCUT2D eigenvalue weighted by molar-refractivity contribution is -0.274. The van der Waals surface area contributed by atoms with Crippen LogP contribution in [0.2, 0.25) is 5.02 Å². The van der Waals surface area contributed by atoms with Gasteiger partial charge in [0.1, 0.15) is 11.6 Å². The van der Waals surface area contributed by atoms with Crippen molar-refractivity contribution in [1.29, 1.82) is 0 Å². The van der Waals surface area contributed by atoms with Crippen molar-refractivity contribution in [1.82, 2.24) is 19.3 Å². The molecule has 0 atom stereocenters. The highest BCUT2D eigenvalue weighted by atomic mass is 35.5. The van der Waals surface area contributed by atoms with Crippen LogP contribution < -0.4 is 4.74 Å². The average Bonchev–Trinajstić information content (AvgIpc) is 3.20. The number of piperazine rings is 1. The summed E-state index contributed by atoms with van der Waals surface area (Å²) in [5, 5.41) is 9.50. The number of halogens is 5. The Morgan fingerprint density at radius 3 is 2.35 bits per heavy atom. The Labute approximate surface area is 232 Å². The quantitative estimate of drug-likeness (QED) is 0.425. The number of fused-ring (bicyclic) bond motifs is 3. The summed E-state index contributed by atoms with van der Waals surface area (Å²) >= 11 is 6.06. The SMILES string of the molecule is O=C(O)CN1CCN(CC(=O)N2CCc3c(n(Cc4ccc(OC(F)(F)F)c(Cl)c4)c4c(F)cccc34)C2)CC1. The van der Waals surface area contributed by atoms with E-state index in [0.717, 1.165) is 22.7 Å². The number of carboxylic acid groups (broad SMARTS) is 1. The predicted molar refractivity (Wildman–Crippen MR) is 139 cm³/mol. The number of alkyl halides is 3. The van der Waals surface area contributed by atoms with Gasteiger partial charge in [0, 0.05) is 50.3 Å². The van der Waals surface area contributed by atoms with Crippen LogP contribution in [-0.2, 0) is 29.1 Å². The average molecular weight is 583 g/mol. The number of aliphatic carboxylic acids is 1. The molecule has 0 bridgehead atoms. The standard InChI is InChI=1S/C27H27ClF4N4O4/c28-20-12-17(4-5-23(20)40-27(30,31)32)13-36-22-14-35(7-6-18(22)19-2-1-3-21(29)26(19)36)24(37)15-33-8-10-34(11-9-33)16-25(38)39/h1-5,12H,6-11,13-16H2,(H,38,39). The van der Waals surface area contributed by atoms with Crippen molar-refractivity contribution in [2.24, 2.45) is 0 Å². The Morgan fingerprint density at radius 1 is 1.00 bits per heavy atom. The first-order valence-electron chi connectivity index (χ1n) is 12.8. The van der Waals surface area contributed by atoms with E-state index in [2.05, 4.69) is 4.74 Å². The number of carbonyl (C=O) groups excluding carboxylic acids is 1. The topological polar surface area (TPSA) is 78.3 Å². The number of ether oxygens (including phenoxy) is 1. The fourth-order valence-corrected chi connectivity index (χ4v) is 5.70. The van der Waals surface area contributed by atoms with Crippen LogP contribution in [0.15, 0.2) is 36.4 Å². The molecule has 8 nitrogen and oxygen atoms in total. The van der Waals surface area contributed by atoms with E-state index >= 15 is 4.39 Å². The van der Waals surface area contributed by atoms with Crippen LogP contribution in [0.1, 0.15) is 16.8 Å². The van der Waals surface area contributed by atoms with Crippen LogP contribution in [0, 0.1) is 5.82 Å². The van der Waals surface area contributed by atoms with Gasteiger partial charge in [-0.15, -0.1) is 13.2 Å². The number of aromatic nitrogens is 1. The zero-order valence-corrected chi connectivity index (χ0v) is 22.1. The molecule has 0 radical (unpaired) electrons. The molecule has 214 valence electrons. The van der Waals surface area contributed by atoms with E-state index < -0.39 is 23.9 Å². The molecule has 0 aliphatic carbocycles. The molecule has 0 spiro atoms. The second-order valence-electron chi connectivity index (χ2n) is 9.97. The van der Waals surface area contributed by atoms with Crippen molar-refractivity contribution in [3.63, 3.8) is 0 Å². The molecule has 2 aliphatic heterocycles. The maximum Gasteiger partial charge on any atom is 0.573 e. The predicted octanol–water partition coefficient (Wildman–Crippen LogP) is 3.97. The van der Waals surface area contributed by atoms with E-state index in [1.54, 1.807) is 15.5 Å². The summed E-state index contributed by atoms with van der Waals surface area (Å²) in [7, 11) is 0. The number of para-hydroxylation sites is 1. The molecule has 3 aromatic rings. The number of hydrogen-bond acceptors (Lipinski definition) is 5. The normalized spacial score (nSPS) is 16.8. The van der Waals surface area contributed by atoms with Crippen LogP contribution >= 0.6 is 11.6 Å². The van der Waals surface area contributed by atoms with Crippen molar-refractivity contribution in [3.05, 3.63) is 64.1 Å². The van der Waals surface area contributed by atoms with Crippen LogP contribution in [0.4, 0.5) is 17.6 Å². The summed E-state index contributed by atoms with van der Waals surface area (Å²) in [6, 6.07) is 8.74. The molecule has 1 saturated heterocycles. The summed E-state index contributed by atoms with van der Waals surface area (Å²) in [6.07, 6.45) is -4.36. The van der Waals surface area contributed by atoms with Crippen LogP contribution in [0.5, 0.6) is 5.75 Å². The zero-order chi connectivity index (χ0) is 28.6. The molecule has 40 heavy (non-hydrogen) atoms. The third-order valence-electron chi connectivity index (χ3n) is 7.33. The van der Waals surface area contributed by atoms with Gasteiger partial charge in [-0.25, -0.2) is 4.39 Å². The van der Waals surface area contributed by atoms with E-state index in [0.29, 0.717) is 50.2 Å². The Balaban J connectivity index is 1.36. The molecule has 0 unspecified atom stereocenters. The van der Waals surface area contributed by atoms with Gasteiger partial charge in [-0.1, -0.05) is 29.8 Å². The molecule has 2 aromatic carbocycles. The Hall–Kier alpha value is -3.35. The van der Waals surface area contributed by atoms with Gasteiger partial charge in [-0.05, 0) is 35.7 Å². The lowest BCUT2D eigenvalue weighted by atomic mass is 10.0. The fourth-order valence-electron chi connectivity index (χ4n) is 5.46. The van der Waals surface area contributed by atoms with Gasteiger partial charge in [0.15, 0.2) is 0 Å². The van der Waals surface area contributed by atoms with E-state index in [9.17, 15) is 22.8 Å². The monoisotopic (exact) mass is 582 g/mol. The van der Waals surface area contributed by atoms with Crippen molar-refractivity contribution in [2.45, 2.75) is 25.9 Å². The highest BCUT2D eigenvalue weighted by Gasteiger charge is 2.32. The largest absolute Gasteiger partial charge is 0.573 e. The summed E-state index contributed by atoms with van der Waals surface area (Å²) in [5.74, 6) is -1.92. The molecule has 5 rings (SSSR count). The molecule has 1 N–H and O–H groups in total. The summed E-state index contributed by atoms with van der Waals surface area (Å²) in [5.41, 5.74) is 2.61. The Bertz CT molecular complexity index is 1440. The highest BCUT2D eigenvalue weighted by molar-refractivity contribution is 6.32. The number of hydrogen-bond donors (Lipinski definition) is 1. The summed E-state index contributed by atoms with van der Waals surface area (Å²) in [4.78, 5) is 29.8. The Kier molecular flexibility index (Phi) is 7.94. The summed E-state index contributed by atoms with van der Waals surface area (Å²) in [6.45, 7) is 3.31. The van der Waals surface area contributed by atoms with Crippen molar-refractivity contribution < 1.29 is 37.0 Å². The van der Waals surface area contributed by atoms with Crippen LogP contribution in [0.3, 0.4) is 0 Å². The third-order valence-corrected chi connectivity index (χ3v) is 7.62. The lowest BCUT2D eigenvalue weighted by Gasteiger charge is -2.35. The molecule has 1 fully saturated rings. The maximum absolute atomic E-state index is 15.1. The number of carbonyl (C=O) groups is 2. The first-order valence-corrected chi connectivity index (χ1v) is 13.1. The lowest BCUT2D eigenvalue weighted by Crippen LogP contribution is -2.51. The third kappa shape index (κ3) is 6.18. The molecule has 1 aromatic heterocycles. The van der Waals surface area contributed by atoms with E-state index in [-0.39, 0.29) is 37.1 Å². The highest BCUT2D eigenvalue weighted by Crippen LogP contribution is 2.35. The molecule has 2 aliphatic rings. The van der Waals surface area contributed by atoms with Gasteiger partial charge in [-0.2, -0.15) is 0 Å². The van der Waals surface area contributed by atoms with Gasteiger partial charge < -0.3 is 19.3 Å². The van der Waals surface area contributed by atoms with Gasteiger partial charge in [-0.3, -0.25) is 19.4 Å². The molecular formula is C27H27ClF4N4O4. The second-order valence-corrected chi connectivity index (χ2v) is 10.4. The van der Waals surface area contributed by atoms with Gasteiger partial charge >= 0.3 is 12.3 Å². The minimum atomic E-state index is -4.88.